The number of nitrogens with one attached hydrogen (secondary N) is 2. The first-order valence-corrected chi connectivity index (χ1v) is 10.8. The average Bonchev–Trinajstić information content (AvgIpc) is 2.59. The highest BCUT2D eigenvalue weighted by Gasteiger charge is 2.48. The normalized spacial score (nSPS) is 23.6. The van der Waals surface area contributed by atoms with E-state index in [1.807, 2.05) is 20.8 Å². The monoisotopic (exact) mass is 438 g/mol. The van der Waals surface area contributed by atoms with Crippen LogP contribution in [-0.2, 0) is 20.8 Å². The first-order valence-electron chi connectivity index (χ1n) is 9.29. The number of sulfone groups is 1. The summed E-state index contributed by atoms with van der Waals surface area (Å²) in [6.45, 7) is 5.52. The van der Waals surface area contributed by atoms with E-state index in [2.05, 4.69) is 10.6 Å². The van der Waals surface area contributed by atoms with Crippen molar-refractivity contribution in [3.63, 3.8) is 0 Å². The predicted octanol–water partition coefficient (Wildman–Crippen LogP) is 3.59. The van der Waals surface area contributed by atoms with Crippen LogP contribution in [0.3, 0.4) is 0 Å². The molecule has 0 aliphatic heterocycles. The summed E-state index contributed by atoms with van der Waals surface area (Å²) in [6, 6.07) is 2.90. The highest BCUT2D eigenvalue weighted by atomic mass is 32.2. The van der Waals surface area contributed by atoms with Gasteiger partial charge in [-0.25, -0.2) is 12.8 Å². The van der Waals surface area contributed by atoms with Crippen LogP contribution in [0.1, 0.15) is 52.0 Å². The van der Waals surface area contributed by atoms with E-state index in [1.54, 1.807) is 0 Å². The van der Waals surface area contributed by atoms with Crippen molar-refractivity contribution >= 4 is 15.7 Å². The lowest BCUT2D eigenvalue weighted by Crippen LogP contribution is -2.48. The Morgan fingerprint density at radius 2 is 1.76 bits per heavy atom. The first kappa shape index (κ1) is 23.6. The largest absolute Gasteiger partial charge is 0.416 e. The lowest BCUT2D eigenvalue weighted by atomic mass is 9.93. The molecule has 0 spiro atoms. The maximum Gasteiger partial charge on any atom is 0.416 e. The second-order valence-electron chi connectivity index (χ2n) is 8.37. The van der Waals surface area contributed by atoms with Crippen LogP contribution < -0.4 is 10.6 Å². The van der Waals surface area contributed by atoms with E-state index in [-0.39, 0.29) is 44.2 Å². The molecular weight excluding hydrogens is 412 g/mol. The Morgan fingerprint density at radius 1 is 1.17 bits per heavy atom. The molecule has 1 fully saturated rings. The van der Waals surface area contributed by atoms with Gasteiger partial charge in [0.1, 0.15) is 0 Å². The molecular formula is C19H26F4N2O3S. The Hall–Kier alpha value is -1.68. The summed E-state index contributed by atoms with van der Waals surface area (Å²) in [7, 11) is -4.60. The molecule has 5 nitrogen and oxygen atoms in total. The van der Waals surface area contributed by atoms with Crippen molar-refractivity contribution in [2.24, 2.45) is 0 Å². The highest BCUT2D eigenvalue weighted by molar-refractivity contribution is 7.92. The molecule has 0 bridgehead atoms. The SMILES string of the molecule is CC(C)(C)NC(=O)CNC1CCC(F)(S(=O)(=O)c2cccc(C(F)(F)F)c2)CC1. The quantitative estimate of drug-likeness (QED) is 0.689. The lowest BCUT2D eigenvalue weighted by Gasteiger charge is -2.34. The number of carbonyl (C=O) groups excluding carboxylic acids is 1. The van der Waals surface area contributed by atoms with Crippen molar-refractivity contribution in [3.8, 4) is 0 Å². The molecule has 2 N–H and O–H groups in total. The molecule has 0 atom stereocenters. The Labute approximate surface area is 168 Å². The van der Waals surface area contributed by atoms with Crippen molar-refractivity contribution in [1.29, 1.82) is 0 Å². The molecule has 1 aliphatic carbocycles. The van der Waals surface area contributed by atoms with Gasteiger partial charge in [-0.3, -0.25) is 4.79 Å². The third-order valence-corrected chi connectivity index (χ3v) is 7.00. The van der Waals surface area contributed by atoms with Crippen LogP contribution >= 0.6 is 0 Å². The van der Waals surface area contributed by atoms with Gasteiger partial charge in [0, 0.05) is 11.6 Å². The van der Waals surface area contributed by atoms with Gasteiger partial charge in [0.15, 0.2) is 0 Å². The fourth-order valence-electron chi connectivity index (χ4n) is 3.27. The van der Waals surface area contributed by atoms with E-state index >= 15 is 4.39 Å². The summed E-state index contributed by atoms with van der Waals surface area (Å²) < 4.78 is 79.3. The van der Waals surface area contributed by atoms with Gasteiger partial charge in [-0.2, -0.15) is 13.2 Å². The Bertz CT molecular complexity index is 840. The van der Waals surface area contributed by atoms with Crippen molar-refractivity contribution in [2.45, 2.75) is 74.1 Å². The highest BCUT2D eigenvalue weighted by Crippen LogP contribution is 2.41. The van der Waals surface area contributed by atoms with E-state index < -0.39 is 37.0 Å². The van der Waals surface area contributed by atoms with Gasteiger partial charge in [0.2, 0.25) is 20.7 Å². The number of carbonyl (C=O) groups is 1. The molecule has 29 heavy (non-hydrogen) atoms. The molecule has 0 aromatic heterocycles. The van der Waals surface area contributed by atoms with Gasteiger partial charge in [0.05, 0.1) is 17.0 Å². The van der Waals surface area contributed by atoms with Crippen molar-refractivity contribution in [2.75, 3.05) is 6.54 Å². The molecule has 0 unspecified atom stereocenters. The number of benzene rings is 1. The predicted molar refractivity (Wildman–Crippen MR) is 101 cm³/mol. The van der Waals surface area contributed by atoms with Crippen LogP contribution in [0, 0.1) is 0 Å². The van der Waals surface area contributed by atoms with Crippen LogP contribution in [0.15, 0.2) is 29.2 Å². The van der Waals surface area contributed by atoms with Crippen LogP contribution in [0.4, 0.5) is 17.6 Å². The second kappa shape index (κ2) is 8.22. The van der Waals surface area contributed by atoms with Gasteiger partial charge in [-0.1, -0.05) is 6.07 Å². The summed E-state index contributed by atoms with van der Waals surface area (Å²) >= 11 is 0. The lowest BCUT2D eigenvalue weighted by molar-refractivity contribution is -0.137. The maximum atomic E-state index is 15.3. The van der Waals surface area contributed by atoms with E-state index in [4.69, 9.17) is 0 Å². The topological polar surface area (TPSA) is 75.3 Å². The summed E-state index contributed by atoms with van der Waals surface area (Å²) in [5.74, 6) is -0.230. The van der Waals surface area contributed by atoms with Gasteiger partial charge >= 0.3 is 6.18 Å². The van der Waals surface area contributed by atoms with Gasteiger partial charge in [-0.15, -0.1) is 0 Å². The van der Waals surface area contributed by atoms with Crippen LogP contribution in [-0.4, -0.2) is 37.5 Å². The number of amides is 1. The minimum atomic E-state index is -4.72. The zero-order valence-electron chi connectivity index (χ0n) is 16.6. The molecule has 0 saturated heterocycles. The van der Waals surface area contributed by atoms with E-state index in [9.17, 15) is 26.4 Å². The van der Waals surface area contributed by atoms with E-state index in [1.165, 1.54) is 0 Å². The molecule has 1 saturated carbocycles. The van der Waals surface area contributed by atoms with Crippen molar-refractivity contribution in [1.82, 2.24) is 10.6 Å². The molecule has 1 aromatic carbocycles. The zero-order valence-corrected chi connectivity index (χ0v) is 17.4. The number of halogens is 4. The molecule has 10 heteroatoms. The third-order valence-electron chi connectivity index (χ3n) is 4.75. The molecule has 0 heterocycles. The zero-order chi connectivity index (χ0) is 22.1. The maximum absolute atomic E-state index is 15.3. The van der Waals surface area contributed by atoms with E-state index in [0.29, 0.717) is 6.07 Å². The molecule has 2 rings (SSSR count). The summed E-state index contributed by atoms with van der Waals surface area (Å²) in [5.41, 5.74) is -1.53. The third kappa shape index (κ3) is 5.91. The van der Waals surface area contributed by atoms with Gasteiger partial charge < -0.3 is 10.6 Å². The fraction of sp³-hybridized carbons (Fsp3) is 0.632. The van der Waals surface area contributed by atoms with Gasteiger partial charge in [0.25, 0.3) is 0 Å². The molecule has 164 valence electrons. The van der Waals surface area contributed by atoms with Gasteiger partial charge in [-0.05, 0) is 64.7 Å². The minimum absolute atomic E-state index is 0.0155. The molecule has 1 aromatic rings. The molecule has 1 amide bonds. The van der Waals surface area contributed by atoms with E-state index in [0.717, 1.165) is 18.2 Å². The minimum Gasteiger partial charge on any atom is -0.350 e. The van der Waals surface area contributed by atoms with Crippen LogP contribution in [0.5, 0.6) is 0 Å². The van der Waals surface area contributed by atoms with Crippen LogP contribution in [0.2, 0.25) is 0 Å². The van der Waals surface area contributed by atoms with Crippen molar-refractivity contribution < 1.29 is 30.8 Å². The smallest absolute Gasteiger partial charge is 0.350 e. The van der Waals surface area contributed by atoms with Crippen LogP contribution in [0.25, 0.3) is 0 Å². The Balaban J connectivity index is 2.03. The standard InChI is InChI=1S/C19H26F4N2O3S/c1-17(2,3)25-16(26)12-24-14-7-9-18(20,10-8-14)29(27,28)15-6-4-5-13(11-15)19(21,22)23/h4-6,11,14,24H,7-10,12H2,1-3H3,(H,25,26). The number of alkyl halides is 4. The summed E-state index contributed by atoms with van der Waals surface area (Å²) in [4.78, 5) is 11.2. The Kier molecular flexibility index (Phi) is 6.69. The average molecular weight is 438 g/mol. The second-order valence-corrected chi connectivity index (χ2v) is 10.6. The number of rotatable bonds is 5. The number of hydrogen-bond donors (Lipinski definition) is 2. The Morgan fingerprint density at radius 3 is 2.28 bits per heavy atom. The summed E-state index contributed by atoms with van der Waals surface area (Å²) in [6.07, 6.45) is -5.13. The van der Waals surface area contributed by atoms with Crippen molar-refractivity contribution in [3.05, 3.63) is 29.8 Å². The summed E-state index contributed by atoms with van der Waals surface area (Å²) in [5, 5.41) is 3.12. The first-order chi connectivity index (χ1) is 13.1. The molecule has 0 radical (unpaired) electrons. The fourth-order valence-corrected chi connectivity index (χ4v) is 5.01. The number of hydrogen-bond acceptors (Lipinski definition) is 4. The molecule has 1 aliphatic rings.